The van der Waals surface area contributed by atoms with Gasteiger partial charge in [-0.1, -0.05) is 0 Å². The molecule has 2 aromatic rings. The molecule has 2 fully saturated rings. The molecule has 0 radical (unpaired) electrons. The van der Waals surface area contributed by atoms with Crippen molar-refractivity contribution in [3.8, 4) is 0 Å². The molecule has 0 unspecified atom stereocenters. The van der Waals surface area contributed by atoms with Crippen molar-refractivity contribution in [2.75, 3.05) is 37.7 Å². The molecule has 1 aromatic heterocycles. The number of ether oxygens (including phenoxy) is 1. The number of hydrogen-bond acceptors (Lipinski definition) is 6. The first kappa shape index (κ1) is 19.4. The summed E-state index contributed by atoms with van der Waals surface area (Å²) in [5.74, 6) is 0.542. The number of nitrogens with one attached hydrogen (secondary N) is 1. The monoisotopic (exact) mass is 397 g/mol. The molecule has 2 aliphatic heterocycles. The zero-order valence-electron chi connectivity index (χ0n) is 17.2. The topological polar surface area (TPSA) is 87.7 Å². The first-order chi connectivity index (χ1) is 14.0. The number of amides is 2. The lowest BCUT2D eigenvalue weighted by Crippen LogP contribution is -2.46. The molecule has 0 aliphatic carbocycles. The molecule has 8 nitrogen and oxygen atoms in total. The summed E-state index contributed by atoms with van der Waals surface area (Å²) >= 11 is 0. The van der Waals surface area contributed by atoms with Crippen molar-refractivity contribution >= 4 is 28.6 Å². The Morgan fingerprint density at radius 2 is 2.00 bits per heavy atom. The number of carbonyl (C=O) groups is 2. The first-order valence-electron chi connectivity index (χ1n) is 10.2. The van der Waals surface area contributed by atoms with Crippen molar-refractivity contribution in [1.29, 1.82) is 0 Å². The summed E-state index contributed by atoms with van der Waals surface area (Å²) < 4.78 is 5.23. The number of hydrogen-bond donors (Lipinski definition) is 1. The van der Waals surface area contributed by atoms with Gasteiger partial charge < -0.3 is 19.9 Å². The molecule has 0 spiro atoms. The summed E-state index contributed by atoms with van der Waals surface area (Å²) in [5, 5.41) is 13.4. The van der Waals surface area contributed by atoms with E-state index in [0.29, 0.717) is 12.2 Å². The number of aromatic nitrogens is 2. The van der Waals surface area contributed by atoms with Crippen molar-refractivity contribution in [3.63, 3.8) is 0 Å². The molecular weight excluding hydrogens is 370 g/mol. The van der Waals surface area contributed by atoms with Gasteiger partial charge in [0.05, 0.1) is 18.4 Å². The minimum Gasteiger partial charge on any atom is -0.462 e. The van der Waals surface area contributed by atoms with E-state index in [1.54, 1.807) is 6.20 Å². The Bertz CT molecular complexity index is 953. The fourth-order valence-electron chi connectivity index (χ4n) is 4.52. The Balaban J connectivity index is 1.62. The normalized spacial score (nSPS) is 17.7. The van der Waals surface area contributed by atoms with E-state index >= 15 is 0 Å². The van der Waals surface area contributed by atoms with Gasteiger partial charge in [0.1, 0.15) is 0 Å². The van der Waals surface area contributed by atoms with Gasteiger partial charge in [0.15, 0.2) is 5.82 Å². The molecule has 1 aromatic carbocycles. The third kappa shape index (κ3) is 3.47. The third-order valence-electron chi connectivity index (χ3n) is 5.98. The van der Waals surface area contributed by atoms with Crippen molar-refractivity contribution in [2.45, 2.75) is 39.7 Å². The Morgan fingerprint density at radius 3 is 2.66 bits per heavy atom. The van der Waals surface area contributed by atoms with Gasteiger partial charge in [-0.2, -0.15) is 5.10 Å². The Morgan fingerprint density at radius 1 is 1.24 bits per heavy atom. The third-order valence-corrected chi connectivity index (χ3v) is 5.98. The Hall–Kier alpha value is -2.90. The first-order valence-corrected chi connectivity index (χ1v) is 10.2. The van der Waals surface area contributed by atoms with E-state index in [2.05, 4.69) is 20.4 Å². The number of piperidine rings is 1. The number of rotatable bonds is 4. The molecule has 0 atom stereocenters. The van der Waals surface area contributed by atoms with E-state index in [4.69, 9.17) is 4.74 Å². The largest absolute Gasteiger partial charge is 0.462 e. The molecule has 2 saturated heterocycles. The van der Waals surface area contributed by atoms with Crippen LogP contribution in [0.3, 0.4) is 0 Å². The molecule has 29 heavy (non-hydrogen) atoms. The van der Waals surface area contributed by atoms with Crippen molar-refractivity contribution in [3.05, 3.63) is 29.0 Å². The standard InChI is InChI=1S/C21H27N5O3/c1-4-29-20(27)18-13(2)11-16-17(14(18)3)12-23-24-19(16)25-8-5-15(6-9-25)26-10-7-22-21(26)28/h11-12,15H,4-10H2,1-3H3,(H,22,28). The zero-order chi connectivity index (χ0) is 20.5. The number of benzene rings is 1. The van der Waals surface area contributed by atoms with E-state index in [1.165, 1.54) is 0 Å². The van der Waals surface area contributed by atoms with Crippen LogP contribution in [0.15, 0.2) is 12.3 Å². The SMILES string of the molecule is CCOC(=O)c1c(C)cc2c(N3CCC(N4CCNC4=O)CC3)nncc2c1C. The van der Waals surface area contributed by atoms with Crippen LogP contribution in [-0.2, 0) is 4.74 Å². The maximum atomic E-state index is 12.4. The number of nitrogens with zero attached hydrogens (tertiary/aromatic N) is 4. The van der Waals surface area contributed by atoms with Crippen LogP contribution in [0, 0.1) is 13.8 Å². The summed E-state index contributed by atoms with van der Waals surface area (Å²) in [6.45, 7) is 9.18. The van der Waals surface area contributed by atoms with Crippen LogP contribution < -0.4 is 10.2 Å². The minimum absolute atomic E-state index is 0.0474. The van der Waals surface area contributed by atoms with E-state index < -0.39 is 0 Å². The predicted octanol–water partition coefficient (Wildman–Crippen LogP) is 2.42. The maximum Gasteiger partial charge on any atom is 0.338 e. The lowest BCUT2D eigenvalue weighted by Gasteiger charge is -2.36. The van der Waals surface area contributed by atoms with Crippen molar-refractivity contribution in [2.24, 2.45) is 0 Å². The molecule has 3 heterocycles. The van der Waals surface area contributed by atoms with Crippen LogP contribution in [0.4, 0.5) is 10.6 Å². The molecule has 0 bridgehead atoms. The highest BCUT2D eigenvalue weighted by atomic mass is 16.5. The highest BCUT2D eigenvalue weighted by Gasteiger charge is 2.31. The van der Waals surface area contributed by atoms with Gasteiger partial charge in [0, 0.05) is 43.0 Å². The maximum absolute atomic E-state index is 12.4. The molecule has 4 rings (SSSR count). The number of carbonyl (C=O) groups excluding carboxylic acids is 2. The molecule has 2 aliphatic rings. The molecule has 0 saturated carbocycles. The predicted molar refractivity (Wildman–Crippen MR) is 110 cm³/mol. The molecular formula is C21H27N5O3. The number of anilines is 1. The van der Waals surface area contributed by atoms with Gasteiger partial charge >= 0.3 is 12.0 Å². The van der Waals surface area contributed by atoms with Gasteiger partial charge in [-0.25, -0.2) is 9.59 Å². The van der Waals surface area contributed by atoms with E-state index in [-0.39, 0.29) is 18.0 Å². The van der Waals surface area contributed by atoms with Crippen LogP contribution in [0.25, 0.3) is 10.8 Å². The van der Waals surface area contributed by atoms with E-state index in [0.717, 1.165) is 66.7 Å². The highest BCUT2D eigenvalue weighted by Crippen LogP contribution is 2.32. The zero-order valence-corrected chi connectivity index (χ0v) is 17.2. The number of esters is 1. The second kappa shape index (κ2) is 7.85. The van der Waals surface area contributed by atoms with Gasteiger partial charge in [-0.3, -0.25) is 0 Å². The van der Waals surface area contributed by atoms with Gasteiger partial charge in [-0.15, -0.1) is 5.10 Å². The minimum atomic E-state index is -0.299. The quantitative estimate of drug-likeness (QED) is 0.798. The summed E-state index contributed by atoms with van der Waals surface area (Å²) in [4.78, 5) is 28.5. The molecule has 1 N–H and O–H groups in total. The summed E-state index contributed by atoms with van der Waals surface area (Å²) in [6, 6.07) is 2.33. The van der Waals surface area contributed by atoms with Crippen LogP contribution in [-0.4, -0.2) is 65.9 Å². The van der Waals surface area contributed by atoms with Gasteiger partial charge in [0.25, 0.3) is 0 Å². The fraction of sp³-hybridized carbons (Fsp3) is 0.524. The second-order valence-corrected chi connectivity index (χ2v) is 7.69. The van der Waals surface area contributed by atoms with E-state index in [9.17, 15) is 9.59 Å². The van der Waals surface area contributed by atoms with Crippen molar-refractivity contribution in [1.82, 2.24) is 20.4 Å². The molecule has 8 heteroatoms. The average molecular weight is 397 g/mol. The van der Waals surface area contributed by atoms with Gasteiger partial charge in [-0.05, 0) is 50.8 Å². The van der Waals surface area contributed by atoms with E-state index in [1.807, 2.05) is 31.7 Å². The average Bonchev–Trinajstić information content (AvgIpc) is 3.14. The number of fused-ring (bicyclic) bond motifs is 1. The lowest BCUT2D eigenvalue weighted by atomic mass is 9.96. The van der Waals surface area contributed by atoms with Crippen LogP contribution in [0.5, 0.6) is 0 Å². The van der Waals surface area contributed by atoms with Crippen molar-refractivity contribution < 1.29 is 14.3 Å². The summed E-state index contributed by atoms with van der Waals surface area (Å²) in [5.41, 5.74) is 2.36. The molecule has 154 valence electrons. The Kier molecular flexibility index (Phi) is 5.25. The van der Waals surface area contributed by atoms with Crippen LogP contribution in [0.1, 0.15) is 41.3 Å². The van der Waals surface area contributed by atoms with Crippen LogP contribution in [0.2, 0.25) is 0 Å². The second-order valence-electron chi connectivity index (χ2n) is 7.69. The number of urea groups is 1. The summed E-state index contributed by atoms with van der Waals surface area (Å²) in [7, 11) is 0. The smallest absolute Gasteiger partial charge is 0.338 e. The Labute approximate surface area is 170 Å². The highest BCUT2D eigenvalue weighted by molar-refractivity contribution is 6.03. The van der Waals surface area contributed by atoms with Gasteiger partial charge in [0.2, 0.25) is 0 Å². The van der Waals surface area contributed by atoms with Crippen LogP contribution >= 0.6 is 0 Å². The lowest BCUT2D eigenvalue weighted by molar-refractivity contribution is 0.0525. The summed E-state index contributed by atoms with van der Waals surface area (Å²) in [6.07, 6.45) is 3.53. The fourth-order valence-corrected chi connectivity index (χ4v) is 4.52. The number of aryl methyl sites for hydroxylation is 2. The molecule has 2 amide bonds.